The van der Waals surface area contributed by atoms with Gasteiger partial charge in [-0.2, -0.15) is 0 Å². The van der Waals surface area contributed by atoms with E-state index in [9.17, 15) is 4.79 Å². The average molecular weight is 279 g/mol. The van der Waals surface area contributed by atoms with Crippen molar-refractivity contribution in [3.63, 3.8) is 0 Å². The summed E-state index contributed by atoms with van der Waals surface area (Å²) >= 11 is 0. The third-order valence-electron chi connectivity index (χ3n) is 3.32. The van der Waals surface area contributed by atoms with Crippen molar-refractivity contribution < 1.29 is 9.53 Å². The molecule has 0 atom stereocenters. The number of morpholine rings is 1. The number of nitrogens with zero attached hydrogens (tertiary/aromatic N) is 3. The average Bonchev–Trinajstić information content (AvgIpc) is 2.49. The lowest BCUT2D eigenvalue weighted by Gasteiger charge is -2.26. The zero-order valence-corrected chi connectivity index (χ0v) is 12.0. The number of amides is 1. The Labute approximate surface area is 118 Å². The Bertz CT molecular complexity index is 460. The number of ether oxygens (including phenoxy) is 1. The fourth-order valence-electron chi connectivity index (χ4n) is 2.14. The first-order valence-corrected chi connectivity index (χ1v) is 6.81. The van der Waals surface area contributed by atoms with E-state index in [2.05, 4.69) is 20.6 Å². The van der Waals surface area contributed by atoms with Crippen molar-refractivity contribution >= 4 is 17.5 Å². The van der Waals surface area contributed by atoms with Gasteiger partial charge >= 0.3 is 0 Å². The number of aromatic nitrogens is 2. The van der Waals surface area contributed by atoms with Crippen LogP contribution in [-0.2, 0) is 9.53 Å². The molecule has 0 radical (unpaired) electrons. The largest absolute Gasteiger partial charge is 0.378 e. The van der Waals surface area contributed by atoms with E-state index < -0.39 is 0 Å². The molecule has 0 aromatic carbocycles. The van der Waals surface area contributed by atoms with Gasteiger partial charge in [-0.25, -0.2) is 9.97 Å². The predicted molar refractivity (Wildman–Crippen MR) is 76.8 cm³/mol. The van der Waals surface area contributed by atoms with Gasteiger partial charge in [0.15, 0.2) is 0 Å². The molecule has 7 nitrogen and oxygen atoms in total. The van der Waals surface area contributed by atoms with Crippen LogP contribution < -0.4 is 10.6 Å². The summed E-state index contributed by atoms with van der Waals surface area (Å²) in [5, 5.41) is 6.19. The summed E-state index contributed by atoms with van der Waals surface area (Å²) in [6.07, 6.45) is 1.96. The molecule has 1 aromatic heterocycles. The summed E-state index contributed by atoms with van der Waals surface area (Å²) < 4.78 is 5.23. The minimum Gasteiger partial charge on any atom is -0.378 e. The van der Waals surface area contributed by atoms with Crippen molar-refractivity contribution in [3.8, 4) is 0 Å². The summed E-state index contributed by atoms with van der Waals surface area (Å²) in [6, 6.07) is 0. The lowest BCUT2D eigenvalue weighted by atomic mass is 10.3. The van der Waals surface area contributed by atoms with Crippen LogP contribution in [0.2, 0.25) is 0 Å². The molecule has 7 heteroatoms. The van der Waals surface area contributed by atoms with Crippen LogP contribution in [0, 0.1) is 6.92 Å². The summed E-state index contributed by atoms with van der Waals surface area (Å²) in [5.74, 6) is 1.71. The molecule has 1 aliphatic heterocycles. The van der Waals surface area contributed by atoms with E-state index in [1.807, 2.05) is 18.9 Å². The molecule has 2 heterocycles. The SMILES string of the molecule is CNc1ncnc(NCCC(=O)N2CCOCC2)c1C. The maximum atomic E-state index is 12.0. The Balaban J connectivity index is 1.82. The highest BCUT2D eigenvalue weighted by molar-refractivity contribution is 5.76. The second-order valence-electron chi connectivity index (χ2n) is 4.62. The van der Waals surface area contributed by atoms with E-state index in [1.165, 1.54) is 6.33 Å². The molecule has 1 aromatic rings. The third kappa shape index (κ3) is 3.57. The van der Waals surface area contributed by atoms with Gasteiger partial charge in [-0.1, -0.05) is 0 Å². The standard InChI is InChI=1S/C13H21N5O2/c1-10-12(14-2)16-9-17-13(10)15-4-3-11(19)18-5-7-20-8-6-18/h9H,3-8H2,1-2H3,(H2,14,15,16,17). The molecule has 1 fully saturated rings. The molecule has 2 N–H and O–H groups in total. The molecule has 1 saturated heterocycles. The van der Waals surface area contributed by atoms with Gasteiger partial charge in [0.2, 0.25) is 5.91 Å². The molecule has 0 bridgehead atoms. The van der Waals surface area contributed by atoms with Crippen LogP contribution in [0.15, 0.2) is 6.33 Å². The van der Waals surface area contributed by atoms with Crippen LogP contribution in [0.4, 0.5) is 11.6 Å². The molecule has 0 spiro atoms. The fraction of sp³-hybridized carbons (Fsp3) is 0.615. The Hall–Kier alpha value is -1.89. The molecule has 110 valence electrons. The topological polar surface area (TPSA) is 79.4 Å². The summed E-state index contributed by atoms with van der Waals surface area (Å²) in [7, 11) is 1.82. The lowest BCUT2D eigenvalue weighted by molar-refractivity contribution is -0.134. The molecule has 0 saturated carbocycles. The lowest BCUT2D eigenvalue weighted by Crippen LogP contribution is -2.41. The summed E-state index contributed by atoms with van der Waals surface area (Å²) in [4.78, 5) is 22.1. The van der Waals surface area contributed by atoms with Crippen molar-refractivity contribution in [3.05, 3.63) is 11.9 Å². The van der Waals surface area contributed by atoms with Crippen molar-refractivity contribution in [2.45, 2.75) is 13.3 Å². The zero-order chi connectivity index (χ0) is 14.4. The molecule has 0 aliphatic carbocycles. The van der Waals surface area contributed by atoms with Gasteiger partial charge in [-0.05, 0) is 6.92 Å². The molecule has 1 aliphatic rings. The van der Waals surface area contributed by atoms with E-state index in [0.29, 0.717) is 39.3 Å². The van der Waals surface area contributed by atoms with Gasteiger partial charge in [0.25, 0.3) is 0 Å². The smallest absolute Gasteiger partial charge is 0.224 e. The third-order valence-corrected chi connectivity index (χ3v) is 3.32. The highest BCUT2D eigenvalue weighted by Gasteiger charge is 2.16. The van der Waals surface area contributed by atoms with E-state index in [0.717, 1.165) is 17.2 Å². The van der Waals surface area contributed by atoms with Crippen LogP contribution in [0.25, 0.3) is 0 Å². The molecule has 20 heavy (non-hydrogen) atoms. The minimum absolute atomic E-state index is 0.154. The number of carbonyl (C=O) groups excluding carboxylic acids is 1. The van der Waals surface area contributed by atoms with Gasteiger partial charge < -0.3 is 20.3 Å². The minimum atomic E-state index is 0.154. The zero-order valence-electron chi connectivity index (χ0n) is 12.0. The van der Waals surface area contributed by atoms with E-state index in [4.69, 9.17) is 4.74 Å². The fourth-order valence-corrected chi connectivity index (χ4v) is 2.14. The highest BCUT2D eigenvalue weighted by Crippen LogP contribution is 2.17. The van der Waals surface area contributed by atoms with Crippen LogP contribution in [0.1, 0.15) is 12.0 Å². The maximum Gasteiger partial charge on any atom is 0.224 e. The number of hydrogen-bond acceptors (Lipinski definition) is 6. The normalized spacial score (nSPS) is 15.0. The number of nitrogens with one attached hydrogen (secondary N) is 2. The van der Waals surface area contributed by atoms with E-state index >= 15 is 0 Å². The van der Waals surface area contributed by atoms with Crippen molar-refractivity contribution in [1.29, 1.82) is 0 Å². The first kappa shape index (κ1) is 14.5. The van der Waals surface area contributed by atoms with Crippen LogP contribution in [0.5, 0.6) is 0 Å². The number of anilines is 2. The van der Waals surface area contributed by atoms with Crippen molar-refractivity contribution in [1.82, 2.24) is 14.9 Å². The Kier molecular flexibility index (Phi) is 5.11. The van der Waals surface area contributed by atoms with Crippen molar-refractivity contribution in [2.75, 3.05) is 50.5 Å². The van der Waals surface area contributed by atoms with Gasteiger partial charge in [-0.3, -0.25) is 4.79 Å². The molecular formula is C13H21N5O2. The van der Waals surface area contributed by atoms with Crippen LogP contribution in [-0.4, -0.2) is 60.7 Å². The monoisotopic (exact) mass is 279 g/mol. The first-order valence-electron chi connectivity index (χ1n) is 6.81. The Morgan fingerprint density at radius 3 is 2.75 bits per heavy atom. The van der Waals surface area contributed by atoms with E-state index in [-0.39, 0.29) is 5.91 Å². The summed E-state index contributed by atoms with van der Waals surface area (Å²) in [5.41, 5.74) is 0.953. The second-order valence-corrected chi connectivity index (χ2v) is 4.62. The Morgan fingerprint density at radius 1 is 1.35 bits per heavy atom. The second kappa shape index (κ2) is 7.04. The molecule has 2 rings (SSSR count). The first-order chi connectivity index (χ1) is 9.72. The van der Waals surface area contributed by atoms with Gasteiger partial charge in [-0.15, -0.1) is 0 Å². The Morgan fingerprint density at radius 2 is 2.05 bits per heavy atom. The highest BCUT2D eigenvalue weighted by atomic mass is 16.5. The summed E-state index contributed by atoms with van der Waals surface area (Å²) in [6.45, 7) is 5.16. The van der Waals surface area contributed by atoms with Crippen LogP contribution in [0.3, 0.4) is 0 Å². The molecule has 1 amide bonds. The van der Waals surface area contributed by atoms with Gasteiger partial charge in [0.05, 0.1) is 13.2 Å². The van der Waals surface area contributed by atoms with Gasteiger partial charge in [0.1, 0.15) is 18.0 Å². The number of rotatable bonds is 5. The van der Waals surface area contributed by atoms with E-state index in [1.54, 1.807) is 0 Å². The number of carbonyl (C=O) groups is 1. The molecule has 0 unspecified atom stereocenters. The predicted octanol–water partition coefficient (Wildman–Crippen LogP) is 0.488. The number of hydrogen-bond donors (Lipinski definition) is 2. The maximum absolute atomic E-state index is 12.0. The quantitative estimate of drug-likeness (QED) is 0.816. The van der Waals surface area contributed by atoms with Crippen molar-refractivity contribution in [2.24, 2.45) is 0 Å². The van der Waals surface area contributed by atoms with Gasteiger partial charge in [0, 0.05) is 38.7 Å². The van der Waals surface area contributed by atoms with Crippen LogP contribution >= 0.6 is 0 Å². The molecular weight excluding hydrogens is 258 g/mol.